The van der Waals surface area contributed by atoms with E-state index in [1.54, 1.807) is 11.9 Å². The molecule has 0 aliphatic carbocycles. The molecule has 0 radical (unpaired) electrons. The second-order valence-electron chi connectivity index (χ2n) is 5.89. The Bertz CT molecular complexity index is 330. The molecule has 0 saturated carbocycles. The minimum atomic E-state index is -0.463. The lowest BCUT2D eigenvalue weighted by molar-refractivity contribution is 0.0253. The molecule has 0 aliphatic heterocycles. The summed E-state index contributed by atoms with van der Waals surface area (Å²) >= 11 is 0. The molecule has 0 heterocycles. The monoisotopic (exact) mass is 428 g/mol. The molecule has 2 N–H and O–H groups in total. The fourth-order valence-electron chi connectivity index (χ4n) is 1.66. The normalized spacial score (nSPS) is 11.5. The first kappa shape index (κ1) is 23.5. The molecular formula is C15H33IN4O2. The van der Waals surface area contributed by atoms with E-state index in [0.29, 0.717) is 19.6 Å². The van der Waals surface area contributed by atoms with Crippen molar-refractivity contribution in [2.45, 2.75) is 53.1 Å². The molecule has 0 aliphatic rings. The Kier molecular flexibility index (Phi) is 13.7. The average molecular weight is 428 g/mol. The fourth-order valence-corrected chi connectivity index (χ4v) is 1.66. The topological polar surface area (TPSA) is 66.0 Å². The number of hydrogen-bond acceptors (Lipinski definition) is 3. The number of nitrogens with zero attached hydrogens (tertiary/aromatic N) is 2. The predicted octanol–water partition coefficient (Wildman–Crippen LogP) is 2.83. The van der Waals surface area contributed by atoms with Crippen LogP contribution in [0.2, 0.25) is 0 Å². The van der Waals surface area contributed by atoms with E-state index in [4.69, 9.17) is 4.74 Å². The van der Waals surface area contributed by atoms with Crippen molar-refractivity contribution < 1.29 is 9.53 Å². The molecule has 0 rings (SSSR count). The molecule has 6 nitrogen and oxygen atoms in total. The first-order valence-corrected chi connectivity index (χ1v) is 7.76. The second kappa shape index (κ2) is 12.8. The fraction of sp³-hybridized carbons (Fsp3) is 0.867. The van der Waals surface area contributed by atoms with Crippen LogP contribution in [0.1, 0.15) is 47.5 Å². The van der Waals surface area contributed by atoms with Gasteiger partial charge in [0.2, 0.25) is 0 Å². The molecule has 7 heteroatoms. The number of guanidine groups is 1. The van der Waals surface area contributed by atoms with Gasteiger partial charge in [0.05, 0.1) is 0 Å². The van der Waals surface area contributed by atoms with Gasteiger partial charge < -0.3 is 20.3 Å². The van der Waals surface area contributed by atoms with E-state index in [-0.39, 0.29) is 30.1 Å². The summed E-state index contributed by atoms with van der Waals surface area (Å²) in [5.41, 5.74) is -0.463. The van der Waals surface area contributed by atoms with E-state index in [0.717, 1.165) is 25.3 Å². The Balaban J connectivity index is 0. The number of carbonyl (C=O) groups excluding carboxylic acids is 1. The van der Waals surface area contributed by atoms with E-state index >= 15 is 0 Å². The first-order chi connectivity index (χ1) is 9.84. The van der Waals surface area contributed by atoms with Gasteiger partial charge in [0.25, 0.3) is 0 Å². The number of amides is 1. The zero-order valence-electron chi connectivity index (χ0n) is 14.9. The summed E-state index contributed by atoms with van der Waals surface area (Å²) in [6.07, 6.45) is 1.69. The molecule has 0 aromatic rings. The van der Waals surface area contributed by atoms with Gasteiger partial charge in [-0.1, -0.05) is 13.8 Å². The maximum absolute atomic E-state index is 12.1. The third-order valence-corrected chi connectivity index (χ3v) is 2.59. The number of aliphatic imine (C=N–C) groups is 1. The molecule has 0 aromatic heterocycles. The summed E-state index contributed by atoms with van der Waals surface area (Å²) in [7, 11) is 1.74. The van der Waals surface area contributed by atoms with E-state index in [1.807, 2.05) is 27.7 Å². The molecule has 22 heavy (non-hydrogen) atoms. The summed E-state index contributed by atoms with van der Waals surface area (Å²) in [6.45, 7) is 12.6. The number of hydrogen-bond donors (Lipinski definition) is 2. The minimum Gasteiger partial charge on any atom is -0.444 e. The molecule has 1 amide bonds. The second-order valence-corrected chi connectivity index (χ2v) is 5.89. The molecule has 0 saturated heterocycles. The third kappa shape index (κ3) is 11.9. The van der Waals surface area contributed by atoms with Gasteiger partial charge in [0, 0.05) is 33.2 Å². The summed E-state index contributed by atoms with van der Waals surface area (Å²) in [5.74, 6) is 0.762. The highest BCUT2D eigenvalue weighted by Crippen LogP contribution is 2.09. The molecular weight excluding hydrogens is 395 g/mol. The Labute approximate surface area is 152 Å². The van der Waals surface area contributed by atoms with Crippen LogP contribution in [-0.2, 0) is 4.74 Å². The molecule has 0 unspecified atom stereocenters. The number of halogens is 1. The number of carbonyl (C=O) groups is 1. The maximum atomic E-state index is 12.1. The van der Waals surface area contributed by atoms with E-state index in [1.165, 1.54) is 0 Å². The van der Waals surface area contributed by atoms with Crippen molar-refractivity contribution in [1.82, 2.24) is 15.5 Å². The largest absolute Gasteiger partial charge is 0.444 e. The third-order valence-electron chi connectivity index (χ3n) is 2.59. The van der Waals surface area contributed by atoms with Crippen molar-refractivity contribution in [1.29, 1.82) is 0 Å². The van der Waals surface area contributed by atoms with Gasteiger partial charge in [0.1, 0.15) is 5.60 Å². The van der Waals surface area contributed by atoms with Crippen LogP contribution >= 0.6 is 24.0 Å². The molecule has 0 spiro atoms. The lowest BCUT2D eigenvalue weighted by Crippen LogP contribution is -2.44. The highest BCUT2D eigenvalue weighted by molar-refractivity contribution is 14.0. The lowest BCUT2D eigenvalue weighted by atomic mass is 10.2. The number of ether oxygens (including phenoxy) is 1. The Morgan fingerprint density at radius 2 is 1.68 bits per heavy atom. The summed E-state index contributed by atoms with van der Waals surface area (Å²) in [6, 6.07) is 0. The van der Waals surface area contributed by atoms with Gasteiger partial charge in [-0.3, -0.25) is 4.99 Å². The van der Waals surface area contributed by atoms with Gasteiger partial charge in [0.15, 0.2) is 5.96 Å². The summed E-state index contributed by atoms with van der Waals surface area (Å²) < 4.78 is 5.41. The van der Waals surface area contributed by atoms with Crippen LogP contribution in [-0.4, -0.2) is 55.8 Å². The zero-order valence-corrected chi connectivity index (χ0v) is 17.2. The average Bonchev–Trinajstić information content (AvgIpc) is 2.39. The van der Waals surface area contributed by atoms with Crippen molar-refractivity contribution in [2.24, 2.45) is 4.99 Å². The van der Waals surface area contributed by atoms with Crippen molar-refractivity contribution >= 4 is 36.0 Å². The van der Waals surface area contributed by atoms with Gasteiger partial charge in [-0.2, -0.15) is 0 Å². The summed E-state index contributed by atoms with van der Waals surface area (Å²) in [5, 5.41) is 6.40. The lowest BCUT2D eigenvalue weighted by Gasteiger charge is -2.27. The quantitative estimate of drug-likeness (QED) is 0.372. The van der Waals surface area contributed by atoms with E-state index < -0.39 is 5.60 Å². The van der Waals surface area contributed by atoms with Crippen LogP contribution < -0.4 is 10.6 Å². The van der Waals surface area contributed by atoms with Crippen LogP contribution in [0.5, 0.6) is 0 Å². The predicted molar refractivity (Wildman–Crippen MR) is 103 cm³/mol. The van der Waals surface area contributed by atoms with Crippen LogP contribution in [0.25, 0.3) is 0 Å². The first-order valence-electron chi connectivity index (χ1n) is 7.76. The maximum Gasteiger partial charge on any atom is 0.410 e. The van der Waals surface area contributed by atoms with Gasteiger partial charge in [-0.15, -0.1) is 24.0 Å². The molecule has 0 atom stereocenters. The smallest absolute Gasteiger partial charge is 0.410 e. The van der Waals surface area contributed by atoms with Crippen molar-refractivity contribution in [3.63, 3.8) is 0 Å². The Morgan fingerprint density at radius 3 is 2.14 bits per heavy atom. The van der Waals surface area contributed by atoms with Crippen LogP contribution in [0.4, 0.5) is 4.79 Å². The van der Waals surface area contributed by atoms with Crippen LogP contribution in [0, 0.1) is 0 Å². The SMILES string of the molecule is CCCNC(=NC)NCCN(CCC)C(=O)OC(C)(C)C.I. The van der Waals surface area contributed by atoms with Crippen LogP contribution in [0.3, 0.4) is 0 Å². The zero-order chi connectivity index (χ0) is 16.3. The Morgan fingerprint density at radius 1 is 1.09 bits per heavy atom. The van der Waals surface area contributed by atoms with E-state index in [2.05, 4.69) is 22.5 Å². The number of nitrogens with one attached hydrogen (secondary N) is 2. The molecule has 132 valence electrons. The Hall–Kier alpha value is -0.730. The standard InChI is InChI=1S/C15H32N4O2.HI/c1-7-9-17-13(16-6)18-10-12-19(11-8-2)14(20)21-15(3,4)5;/h7-12H2,1-6H3,(H2,16,17,18);1H. The van der Waals surface area contributed by atoms with Gasteiger partial charge >= 0.3 is 6.09 Å². The molecule has 0 bridgehead atoms. The van der Waals surface area contributed by atoms with Crippen LogP contribution in [0.15, 0.2) is 4.99 Å². The number of rotatable bonds is 7. The van der Waals surface area contributed by atoms with Gasteiger partial charge in [-0.05, 0) is 33.6 Å². The van der Waals surface area contributed by atoms with E-state index in [9.17, 15) is 4.79 Å². The van der Waals surface area contributed by atoms with Crippen molar-refractivity contribution in [3.8, 4) is 0 Å². The molecule has 0 fully saturated rings. The van der Waals surface area contributed by atoms with Gasteiger partial charge in [-0.25, -0.2) is 4.79 Å². The highest BCUT2D eigenvalue weighted by Gasteiger charge is 2.21. The summed E-state index contributed by atoms with van der Waals surface area (Å²) in [4.78, 5) is 18.0. The minimum absolute atomic E-state index is 0. The van der Waals surface area contributed by atoms with Crippen molar-refractivity contribution in [2.75, 3.05) is 33.2 Å². The molecule has 0 aromatic carbocycles. The van der Waals surface area contributed by atoms with Crippen molar-refractivity contribution in [3.05, 3.63) is 0 Å². The highest BCUT2D eigenvalue weighted by atomic mass is 127.